The molecular formula is C21H12F3NO2S3. The van der Waals surface area contributed by atoms with Crippen molar-refractivity contribution in [1.29, 1.82) is 0 Å². The zero-order valence-electron chi connectivity index (χ0n) is 15.0. The van der Waals surface area contributed by atoms with E-state index in [1.54, 1.807) is 6.07 Å². The van der Waals surface area contributed by atoms with Crippen molar-refractivity contribution in [3.8, 4) is 19.5 Å². The molecule has 0 aliphatic rings. The van der Waals surface area contributed by atoms with E-state index in [0.717, 1.165) is 25.6 Å². The Kier molecular flexibility index (Phi) is 5.59. The summed E-state index contributed by atoms with van der Waals surface area (Å²) in [6.45, 7) is 0. The maximum Gasteiger partial charge on any atom is 0.454 e. The molecule has 9 heteroatoms. The largest absolute Gasteiger partial charge is 0.454 e. The number of rotatable bonds is 5. The summed E-state index contributed by atoms with van der Waals surface area (Å²) in [5.41, 5.74) is -0.421. The van der Waals surface area contributed by atoms with Crippen LogP contribution >= 0.6 is 34.0 Å². The summed E-state index contributed by atoms with van der Waals surface area (Å²) in [7, 11) is 0. The predicted octanol–water partition coefficient (Wildman–Crippen LogP) is 7.20. The highest BCUT2D eigenvalue weighted by atomic mass is 32.1. The fourth-order valence-corrected chi connectivity index (χ4v) is 5.67. The average molecular weight is 464 g/mol. The number of Topliss-reactive ketones (excluding diaryl/α,β-unsaturated/α-hetero) is 1. The summed E-state index contributed by atoms with van der Waals surface area (Å²) in [5.74, 6) is -2.57. The fraction of sp³-hybridized carbons (Fsp3) is 0.0476. The van der Waals surface area contributed by atoms with E-state index < -0.39 is 23.4 Å². The molecule has 4 aromatic rings. The van der Waals surface area contributed by atoms with Crippen LogP contribution in [0.5, 0.6) is 0 Å². The first-order valence-corrected chi connectivity index (χ1v) is 11.2. The van der Waals surface area contributed by atoms with E-state index in [1.807, 2.05) is 35.0 Å². The van der Waals surface area contributed by atoms with Gasteiger partial charge < -0.3 is 5.32 Å². The van der Waals surface area contributed by atoms with Gasteiger partial charge in [0.1, 0.15) is 0 Å². The van der Waals surface area contributed by atoms with Gasteiger partial charge in [0.15, 0.2) is 0 Å². The second kappa shape index (κ2) is 8.17. The molecule has 30 heavy (non-hydrogen) atoms. The SMILES string of the molecule is O=C(Nc1ccccc1C(=O)C(F)(F)F)c1cc(-c2cccs2)sc1-c1cccs1. The topological polar surface area (TPSA) is 46.2 Å². The van der Waals surface area contributed by atoms with Crippen LogP contribution < -0.4 is 5.32 Å². The van der Waals surface area contributed by atoms with Crippen LogP contribution in [0.2, 0.25) is 0 Å². The second-order valence-electron chi connectivity index (χ2n) is 6.13. The van der Waals surface area contributed by atoms with Gasteiger partial charge in [0.2, 0.25) is 0 Å². The van der Waals surface area contributed by atoms with E-state index in [9.17, 15) is 22.8 Å². The van der Waals surface area contributed by atoms with Crippen LogP contribution in [-0.2, 0) is 0 Å². The van der Waals surface area contributed by atoms with Crippen molar-refractivity contribution >= 4 is 51.4 Å². The molecule has 0 spiro atoms. The van der Waals surface area contributed by atoms with Crippen LogP contribution in [0.4, 0.5) is 18.9 Å². The summed E-state index contributed by atoms with van der Waals surface area (Å²) >= 11 is 4.44. The predicted molar refractivity (Wildman–Crippen MR) is 116 cm³/mol. The van der Waals surface area contributed by atoms with Gasteiger partial charge in [0.25, 0.3) is 11.7 Å². The normalized spacial score (nSPS) is 11.4. The molecule has 0 saturated carbocycles. The van der Waals surface area contributed by atoms with E-state index in [0.29, 0.717) is 5.56 Å². The molecular weight excluding hydrogens is 451 g/mol. The van der Waals surface area contributed by atoms with Crippen molar-refractivity contribution < 1.29 is 22.8 Å². The van der Waals surface area contributed by atoms with Gasteiger partial charge in [-0.15, -0.1) is 34.0 Å². The lowest BCUT2D eigenvalue weighted by molar-refractivity contribution is -0.0884. The molecule has 3 heterocycles. The Balaban J connectivity index is 1.72. The molecule has 0 unspecified atom stereocenters. The van der Waals surface area contributed by atoms with Crippen LogP contribution in [0.3, 0.4) is 0 Å². The molecule has 1 N–H and O–H groups in total. The number of halogens is 3. The summed E-state index contributed by atoms with van der Waals surface area (Å²) in [5, 5.41) is 6.31. The fourth-order valence-electron chi connectivity index (χ4n) is 2.82. The van der Waals surface area contributed by atoms with Gasteiger partial charge in [-0.3, -0.25) is 9.59 Å². The minimum atomic E-state index is -5.03. The molecule has 0 radical (unpaired) electrons. The third-order valence-corrected chi connectivity index (χ3v) is 7.41. The smallest absolute Gasteiger partial charge is 0.321 e. The van der Waals surface area contributed by atoms with Gasteiger partial charge in [-0.1, -0.05) is 24.3 Å². The third kappa shape index (κ3) is 4.09. The van der Waals surface area contributed by atoms with Crippen molar-refractivity contribution in [1.82, 2.24) is 0 Å². The number of amides is 1. The highest BCUT2D eigenvalue weighted by molar-refractivity contribution is 7.26. The monoisotopic (exact) mass is 463 g/mol. The molecule has 0 aliphatic heterocycles. The number of hydrogen-bond donors (Lipinski definition) is 1. The summed E-state index contributed by atoms with van der Waals surface area (Å²) in [6.07, 6.45) is -5.03. The Morgan fingerprint density at radius 1 is 0.800 bits per heavy atom. The van der Waals surface area contributed by atoms with Gasteiger partial charge in [-0.2, -0.15) is 13.2 Å². The van der Waals surface area contributed by atoms with Gasteiger partial charge in [0.05, 0.1) is 21.7 Å². The van der Waals surface area contributed by atoms with E-state index in [-0.39, 0.29) is 5.69 Å². The Morgan fingerprint density at radius 3 is 2.10 bits per heavy atom. The molecule has 4 rings (SSSR count). The number of anilines is 1. The van der Waals surface area contributed by atoms with E-state index in [1.165, 1.54) is 52.2 Å². The highest BCUT2D eigenvalue weighted by Crippen LogP contribution is 2.41. The molecule has 0 atom stereocenters. The van der Waals surface area contributed by atoms with Crippen LogP contribution in [0.25, 0.3) is 19.5 Å². The van der Waals surface area contributed by atoms with Crippen molar-refractivity contribution in [3.05, 3.63) is 76.5 Å². The van der Waals surface area contributed by atoms with Gasteiger partial charge in [0, 0.05) is 14.6 Å². The average Bonchev–Trinajstić information content (AvgIpc) is 3.47. The van der Waals surface area contributed by atoms with Gasteiger partial charge in [-0.05, 0) is 41.1 Å². The number of hydrogen-bond acceptors (Lipinski definition) is 5. The lowest BCUT2D eigenvalue weighted by atomic mass is 10.1. The lowest BCUT2D eigenvalue weighted by Gasteiger charge is -2.12. The van der Waals surface area contributed by atoms with Crippen molar-refractivity contribution in [2.45, 2.75) is 6.18 Å². The molecule has 0 bridgehead atoms. The highest BCUT2D eigenvalue weighted by Gasteiger charge is 2.40. The standard InChI is InChI=1S/C21H12F3NO2S3/c22-21(23,24)19(26)12-5-1-2-6-14(12)25-20(27)13-11-17(15-7-3-9-28-15)30-18(13)16-8-4-10-29-16/h1-11H,(H,25,27). The number of alkyl halides is 3. The van der Waals surface area contributed by atoms with E-state index >= 15 is 0 Å². The first-order valence-electron chi connectivity index (χ1n) is 8.58. The molecule has 152 valence electrons. The van der Waals surface area contributed by atoms with Gasteiger partial charge >= 0.3 is 6.18 Å². The number of para-hydroxylation sites is 1. The molecule has 1 amide bonds. The Morgan fingerprint density at radius 2 is 1.47 bits per heavy atom. The van der Waals surface area contributed by atoms with Crippen molar-refractivity contribution in [2.75, 3.05) is 5.32 Å². The zero-order chi connectivity index (χ0) is 21.3. The summed E-state index contributed by atoms with van der Waals surface area (Å²) in [4.78, 5) is 28.3. The summed E-state index contributed by atoms with van der Waals surface area (Å²) < 4.78 is 38.8. The Hall–Kier alpha value is -2.75. The first-order chi connectivity index (χ1) is 14.3. The second-order valence-corrected chi connectivity index (χ2v) is 9.08. The summed E-state index contributed by atoms with van der Waals surface area (Å²) in [6, 6.07) is 14.4. The van der Waals surface area contributed by atoms with Crippen molar-refractivity contribution in [2.24, 2.45) is 0 Å². The molecule has 0 saturated heterocycles. The maximum atomic E-state index is 13.0. The van der Waals surface area contributed by atoms with Crippen LogP contribution in [0, 0.1) is 0 Å². The van der Waals surface area contributed by atoms with Gasteiger partial charge in [-0.25, -0.2) is 0 Å². The lowest BCUT2D eigenvalue weighted by Crippen LogP contribution is -2.24. The number of nitrogens with one attached hydrogen (secondary N) is 1. The number of benzene rings is 1. The molecule has 3 nitrogen and oxygen atoms in total. The van der Waals surface area contributed by atoms with E-state index in [4.69, 9.17) is 0 Å². The maximum absolute atomic E-state index is 13.0. The van der Waals surface area contributed by atoms with E-state index in [2.05, 4.69) is 5.32 Å². The molecule has 0 aliphatic carbocycles. The minimum absolute atomic E-state index is 0.175. The third-order valence-electron chi connectivity index (χ3n) is 4.16. The van der Waals surface area contributed by atoms with Crippen molar-refractivity contribution in [3.63, 3.8) is 0 Å². The Bertz CT molecular complexity index is 1190. The molecule has 3 aromatic heterocycles. The number of thiophene rings is 3. The molecule has 1 aromatic carbocycles. The quantitative estimate of drug-likeness (QED) is 0.318. The van der Waals surface area contributed by atoms with Crippen LogP contribution in [-0.4, -0.2) is 17.9 Å². The minimum Gasteiger partial charge on any atom is -0.321 e. The number of carbonyl (C=O) groups excluding carboxylic acids is 2. The van der Waals surface area contributed by atoms with Crippen LogP contribution in [0.1, 0.15) is 20.7 Å². The number of ketones is 1. The Labute approximate surface area is 181 Å². The first kappa shape index (κ1) is 20.5. The number of carbonyl (C=O) groups is 2. The van der Waals surface area contributed by atoms with Crippen LogP contribution in [0.15, 0.2) is 65.4 Å². The molecule has 0 fully saturated rings. The zero-order valence-corrected chi connectivity index (χ0v) is 17.5.